The van der Waals surface area contributed by atoms with Gasteiger partial charge < -0.3 is 15.1 Å². The second-order valence-corrected chi connectivity index (χ2v) is 8.76. The van der Waals surface area contributed by atoms with E-state index in [1.807, 2.05) is 19.1 Å². The van der Waals surface area contributed by atoms with Crippen molar-refractivity contribution in [2.45, 2.75) is 25.6 Å². The molecule has 1 aromatic heterocycles. The summed E-state index contributed by atoms with van der Waals surface area (Å²) in [6.07, 6.45) is -1.73. The minimum Gasteiger partial charge on any atom is -0.355 e. The van der Waals surface area contributed by atoms with Crippen LogP contribution in [0.25, 0.3) is 11.1 Å². The SMILES string of the molecule is Cc1c(NC(=O)c2ccc(N3CC[C@@H](N(C)C)C3)nc2)cccc1-c1ccc(C(F)(F)F)cc1. The van der Waals surface area contributed by atoms with Gasteiger partial charge in [0.2, 0.25) is 0 Å². The Labute approximate surface area is 197 Å². The highest BCUT2D eigenvalue weighted by molar-refractivity contribution is 6.05. The third-order valence-electron chi connectivity index (χ3n) is 6.33. The predicted octanol–water partition coefficient (Wildman–Crippen LogP) is 5.47. The van der Waals surface area contributed by atoms with Gasteiger partial charge in [-0.3, -0.25) is 4.79 Å². The van der Waals surface area contributed by atoms with Gasteiger partial charge in [-0.25, -0.2) is 4.98 Å². The third-order valence-corrected chi connectivity index (χ3v) is 6.33. The van der Waals surface area contributed by atoms with Gasteiger partial charge in [0.25, 0.3) is 5.91 Å². The highest BCUT2D eigenvalue weighted by Gasteiger charge is 2.30. The van der Waals surface area contributed by atoms with Gasteiger partial charge in [0.15, 0.2) is 0 Å². The highest BCUT2D eigenvalue weighted by Crippen LogP contribution is 2.33. The number of nitrogens with zero attached hydrogens (tertiary/aromatic N) is 3. The molecular formula is C26H27F3N4O. The zero-order valence-electron chi connectivity index (χ0n) is 19.4. The van der Waals surface area contributed by atoms with Crippen molar-refractivity contribution >= 4 is 17.4 Å². The number of alkyl halides is 3. The van der Waals surface area contributed by atoms with Crippen LogP contribution in [0.4, 0.5) is 24.7 Å². The quantitative estimate of drug-likeness (QED) is 0.540. The van der Waals surface area contributed by atoms with Gasteiger partial charge in [-0.15, -0.1) is 0 Å². The molecule has 34 heavy (non-hydrogen) atoms. The average molecular weight is 469 g/mol. The van der Waals surface area contributed by atoms with Crippen LogP contribution < -0.4 is 10.2 Å². The molecule has 1 saturated heterocycles. The number of nitrogens with one attached hydrogen (secondary N) is 1. The molecule has 1 aliphatic rings. The van der Waals surface area contributed by atoms with Crippen LogP contribution in [-0.2, 0) is 6.18 Å². The Morgan fingerprint density at radius 3 is 2.41 bits per heavy atom. The molecule has 2 aromatic carbocycles. The van der Waals surface area contributed by atoms with Crippen LogP contribution in [0.15, 0.2) is 60.8 Å². The van der Waals surface area contributed by atoms with Gasteiger partial charge >= 0.3 is 6.18 Å². The van der Waals surface area contributed by atoms with Gasteiger partial charge in [0.05, 0.1) is 11.1 Å². The normalized spacial score (nSPS) is 16.2. The molecular weight excluding hydrogens is 441 g/mol. The number of anilines is 2. The Balaban J connectivity index is 1.47. The first-order valence-electron chi connectivity index (χ1n) is 11.1. The Morgan fingerprint density at radius 1 is 1.09 bits per heavy atom. The van der Waals surface area contributed by atoms with Crippen LogP contribution in [0.3, 0.4) is 0 Å². The molecule has 0 unspecified atom stereocenters. The first-order valence-corrected chi connectivity index (χ1v) is 11.1. The van der Waals surface area contributed by atoms with Crippen LogP contribution in [0.2, 0.25) is 0 Å². The number of likely N-dealkylation sites (N-methyl/N-ethyl adjacent to an activating group) is 1. The van der Waals surface area contributed by atoms with Crippen molar-refractivity contribution in [1.29, 1.82) is 0 Å². The highest BCUT2D eigenvalue weighted by atomic mass is 19.4. The molecule has 3 aromatic rings. The molecule has 0 saturated carbocycles. The summed E-state index contributed by atoms with van der Waals surface area (Å²) in [5, 5.41) is 2.90. The molecule has 1 atom stereocenters. The Bertz CT molecular complexity index is 1160. The molecule has 8 heteroatoms. The predicted molar refractivity (Wildman–Crippen MR) is 128 cm³/mol. The molecule has 5 nitrogen and oxygen atoms in total. The fourth-order valence-electron chi connectivity index (χ4n) is 4.20. The largest absolute Gasteiger partial charge is 0.416 e. The van der Waals surface area contributed by atoms with Gasteiger partial charge in [-0.2, -0.15) is 13.2 Å². The molecule has 1 amide bonds. The molecule has 1 fully saturated rings. The topological polar surface area (TPSA) is 48.5 Å². The van der Waals surface area contributed by atoms with Crippen molar-refractivity contribution in [2.75, 3.05) is 37.4 Å². The van der Waals surface area contributed by atoms with Crippen molar-refractivity contribution in [1.82, 2.24) is 9.88 Å². The Morgan fingerprint density at radius 2 is 1.82 bits per heavy atom. The van der Waals surface area contributed by atoms with Crippen LogP contribution in [0.1, 0.15) is 27.9 Å². The smallest absolute Gasteiger partial charge is 0.355 e. The van der Waals surface area contributed by atoms with Gasteiger partial charge in [0.1, 0.15) is 5.82 Å². The summed E-state index contributed by atoms with van der Waals surface area (Å²) in [5.41, 5.74) is 2.51. The van der Waals surface area contributed by atoms with Crippen LogP contribution in [-0.4, -0.2) is 49.0 Å². The number of rotatable bonds is 5. The fraction of sp³-hybridized carbons (Fsp3) is 0.308. The van der Waals surface area contributed by atoms with Crippen molar-refractivity contribution in [3.8, 4) is 11.1 Å². The Kier molecular flexibility index (Phi) is 6.61. The summed E-state index contributed by atoms with van der Waals surface area (Å²) in [5.74, 6) is 0.556. The number of benzene rings is 2. The van der Waals surface area contributed by atoms with E-state index in [9.17, 15) is 18.0 Å². The molecule has 0 spiro atoms. The zero-order chi connectivity index (χ0) is 24.5. The summed E-state index contributed by atoms with van der Waals surface area (Å²) in [7, 11) is 4.15. The number of amides is 1. The molecule has 0 aliphatic carbocycles. The molecule has 4 rings (SSSR count). The summed E-state index contributed by atoms with van der Waals surface area (Å²) >= 11 is 0. The van der Waals surface area contributed by atoms with E-state index < -0.39 is 11.7 Å². The summed E-state index contributed by atoms with van der Waals surface area (Å²) in [6, 6.07) is 14.5. The standard InChI is InChI=1S/C26H27F3N4O/c1-17-22(18-7-10-20(11-8-18)26(27,28)29)5-4-6-23(17)31-25(34)19-9-12-24(30-15-19)33-14-13-21(16-33)32(2)3/h4-12,15,21H,13-14,16H2,1-3H3,(H,31,34)/t21-/m1/s1. The number of hydrogen-bond acceptors (Lipinski definition) is 4. The van der Waals surface area contributed by atoms with Crippen LogP contribution in [0.5, 0.6) is 0 Å². The first kappa shape index (κ1) is 23.8. The lowest BCUT2D eigenvalue weighted by Crippen LogP contribution is -2.31. The van der Waals surface area contributed by atoms with E-state index in [4.69, 9.17) is 0 Å². The van der Waals surface area contributed by atoms with Crippen molar-refractivity contribution in [3.63, 3.8) is 0 Å². The fourth-order valence-corrected chi connectivity index (χ4v) is 4.20. The molecule has 2 heterocycles. The summed E-state index contributed by atoms with van der Waals surface area (Å²) in [4.78, 5) is 21.8. The van der Waals surface area contributed by atoms with Crippen LogP contribution in [0, 0.1) is 6.92 Å². The van der Waals surface area contributed by atoms with Crippen molar-refractivity contribution < 1.29 is 18.0 Å². The van der Waals surface area contributed by atoms with E-state index in [0.717, 1.165) is 48.6 Å². The number of halogens is 3. The van der Waals surface area contributed by atoms with E-state index in [1.54, 1.807) is 24.4 Å². The number of pyridine rings is 1. The van der Waals surface area contributed by atoms with Gasteiger partial charge in [0, 0.05) is 31.0 Å². The van der Waals surface area contributed by atoms with E-state index in [0.29, 0.717) is 22.9 Å². The molecule has 0 bridgehead atoms. The third kappa shape index (κ3) is 5.07. The average Bonchev–Trinajstić information content (AvgIpc) is 3.31. The second-order valence-electron chi connectivity index (χ2n) is 8.76. The van der Waals surface area contributed by atoms with Gasteiger partial charge in [-0.1, -0.05) is 24.3 Å². The van der Waals surface area contributed by atoms with E-state index in [2.05, 4.69) is 34.2 Å². The lowest BCUT2D eigenvalue weighted by molar-refractivity contribution is -0.137. The summed E-state index contributed by atoms with van der Waals surface area (Å²) < 4.78 is 38.6. The lowest BCUT2D eigenvalue weighted by Gasteiger charge is -2.21. The van der Waals surface area contributed by atoms with E-state index >= 15 is 0 Å². The number of carbonyl (C=O) groups excluding carboxylic acids is 1. The second kappa shape index (κ2) is 9.46. The molecule has 0 radical (unpaired) electrons. The van der Waals surface area contributed by atoms with Crippen molar-refractivity contribution in [2.24, 2.45) is 0 Å². The number of hydrogen-bond donors (Lipinski definition) is 1. The zero-order valence-corrected chi connectivity index (χ0v) is 19.4. The van der Waals surface area contributed by atoms with Crippen LogP contribution >= 0.6 is 0 Å². The maximum absolute atomic E-state index is 12.9. The number of carbonyl (C=O) groups is 1. The lowest BCUT2D eigenvalue weighted by atomic mass is 9.98. The van der Waals surface area contributed by atoms with Gasteiger partial charge in [-0.05, 0) is 74.5 Å². The number of aromatic nitrogens is 1. The minimum absolute atomic E-state index is 0.292. The molecule has 178 valence electrons. The van der Waals surface area contributed by atoms with E-state index in [-0.39, 0.29) is 5.91 Å². The minimum atomic E-state index is -4.38. The van der Waals surface area contributed by atoms with Crippen molar-refractivity contribution in [3.05, 3.63) is 77.5 Å². The molecule has 1 aliphatic heterocycles. The maximum Gasteiger partial charge on any atom is 0.416 e. The van der Waals surface area contributed by atoms with E-state index in [1.165, 1.54) is 12.1 Å². The monoisotopic (exact) mass is 468 g/mol. The summed E-state index contributed by atoms with van der Waals surface area (Å²) in [6.45, 7) is 3.66. The first-order chi connectivity index (χ1) is 16.1. The maximum atomic E-state index is 12.9. The molecule has 1 N–H and O–H groups in total. The Hall–Kier alpha value is -3.39.